The summed E-state index contributed by atoms with van der Waals surface area (Å²) in [6.45, 7) is 2.39. The van der Waals surface area contributed by atoms with Gasteiger partial charge in [-0.25, -0.2) is 4.98 Å². The zero-order chi connectivity index (χ0) is 16.1. The average Bonchev–Trinajstić information content (AvgIpc) is 2.98. The van der Waals surface area contributed by atoms with E-state index in [1.807, 2.05) is 11.3 Å². The molecule has 2 heteroatoms. The van der Waals surface area contributed by atoms with Crippen LogP contribution in [0.2, 0.25) is 0 Å². The largest absolute Gasteiger partial charge is 0.242 e. The van der Waals surface area contributed by atoms with E-state index in [9.17, 15) is 0 Å². The fourth-order valence-corrected chi connectivity index (χ4v) is 5.85. The van der Waals surface area contributed by atoms with Gasteiger partial charge in [-0.3, -0.25) is 0 Å². The van der Waals surface area contributed by atoms with Crippen LogP contribution in [0.4, 0.5) is 0 Å². The highest BCUT2D eigenvalue weighted by atomic mass is 32.1. The molecule has 2 heterocycles. The Hall–Kier alpha value is -1.67. The van der Waals surface area contributed by atoms with Crippen LogP contribution in [-0.4, -0.2) is 4.98 Å². The molecule has 2 aromatic heterocycles. The van der Waals surface area contributed by atoms with Crippen molar-refractivity contribution < 1.29 is 0 Å². The second-order valence-electron chi connectivity index (χ2n) is 7.52. The fourth-order valence-electron chi connectivity index (χ4n) is 4.56. The van der Waals surface area contributed by atoms with Crippen LogP contribution in [0.15, 0.2) is 30.3 Å². The maximum absolute atomic E-state index is 5.16. The van der Waals surface area contributed by atoms with Crippen molar-refractivity contribution in [1.29, 1.82) is 0 Å². The number of aryl methyl sites for hydroxylation is 3. The minimum atomic E-state index is 0.772. The van der Waals surface area contributed by atoms with Gasteiger partial charge in [-0.15, -0.1) is 11.3 Å². The van der Waals surface area contributed by atoms with E-state index < -0.39 is 0 Å². The number of hydrogen-bond acceptors (Lipinski definition) is 2. The van der Waals surface area contributed by atoms with Crippen LogP contribution >= 0.6 is 11.3 Å². The maximum atomic E-state index is 5.16. The summed E-state index contributed by atoms with van der Waals surface area (Å²) in [5.41, 5.74) is 7.44. The highest BCUT2D eigenvalue weighted by molar-refractivity contribution is 7.19. The zero-order valence-electron chi connectivity index (χ0n) is 14.3. The smallest absolute Gasteiger partial charge is 0.124 e. The van der Waals surface area contributed by atoms with Gasteiger partial charge in [0, 0.05) is 16.0 Å². The predicted molar refractivity (Wildman–Crippen MR) is 103 cm³/mol. The number of fused-ring (bicyclic) bond motifs is 4. The van der Waals surface area contributed by atoms with Gasteiger partial charge in [0.15, 0.2) is 0 Å². The average molecular weight is 334 g/mol. The van der Waals surface area contributed by atoms with E-state index in [1.54, 1.807) is 16.0 Å². The number of benzene rings is 1. The third kappa shape index (κ3) is 2.23. The highest BCUT2D eigenvalue weighted by Gasteiger charge is 2.27. The molecule has 1 atom stereocenters. The third-order valence-electron chi connectivity index (χ3n) is 5.78. The first-order valence-electron chi connectivity index (χ1n) is 9.32. The molecule has 3 aromatic rings. The lowest BCUT2D eigenvalue weighted by Crippen LogP contribution is -2.14. The summed E-state index contributed by atoms with van der Waals surface area (Å²) in [5, 5.41) is 1.49. The number of thiophene rings is 1. The highest BCUT2D eigenvalue weighted by Crippen LogP contribution is 2.44. The lowest BCUT2D eigenvalue weighted by molar-refractivity contribution is 0.496. The van der Waals surface area contributed by atoms with Crippen LogP contribution < -0.4 is 0 Å². The summed E-state index contributed by atoms with van der Waals surface area (Å²) in [6, 6.07) is 11.1. The van der Waals surface area contributed by atoms with Crippen LogP contribution in [-0.2, 0) is 25.7 Å². The van der Waals surface area contributed by atoms with Crippen LogP contribution in [0.25, 0.3) is 21.3 Å². The molecule has 0 aliphatic heterocycles. The molecule has 0 saturated heterocycles. The standard InChI is InChI=1S/C22H23NS/c1-14-11-12-18-17(13-14)20(15-7-3-2-4-8-15)21-16-9-5-6-10-19(16)24-22(21)23-18/h2-4,7-8,14H,5-6,9-13H2,1H3. The maximum Gasteiger partial charge on any atom is 0.124 e. The van der Waals surface area contributed by atoms with Crippen LogP contribution in [0.3, 0.4) is 0 Å². The van der Waals surface area contributed by atoms with Crippen molar-refractivity contribution in [3.05, 3.63) is 52.0 Å². The molecule has 0 amide bonds. The normalized spacial score (nSPS) is 20.0. The topological polar surface area (TPSA) is 12.9 Å². The molecular formula is C22H23NS. The van der Waals surface area contributed by atoms with Crippen molar-refractivity contribution in [2.75, 3.05) is 0 Å². The van der Waals surface area contributed by atoms with Crippen LogP contribution in [0, 0.1) is 5.92 Å². The van der Waals surface area contributed by atoms with E-state index in [0.717, 1.165) is 12.3 Å². The minimum Gasteiger partial charge on any atom is -0.242 e. The Morgan fingerprint density at radius 1 is 1.00 bits per heavy atom. The molecule has 0 N–H and O–H groups in total. The molecule has 0 saturated carbocycles. The molecule has 24 heavy (non-hydrogen) atoms. The minimum absolute atomic E-state index is 0.772. The lowest BCUT2D eigenvalue weighted by atomic mass is 9.81. The Balaban J connectivity index is 1.88. The molecule has 122 valence electrons. The molecule has 1 aromatic carbocycles. The number of nitrogens with zero attached hydrogens (tertiary/aromatic N) is 1. The van der Waals surface area contributed by atoms with Crippen molar-refractivity contribution in [1.82, 2.24) is 4.98 Å². The number of hydrogen-bond donors (Lipinski definition) is 0. The van der Waals surface area contributed by atoms with Gasteiger partial charge in [-0.1, -0.05) is 37.3 Å². The molecule has 0 bridgehead atoms. The lowest BCUT2D eigenvalue weighted by Gasteiger charge is -2.25. The van der Waals surface area contributed by atoms with Crippen molar-refractivity contribution in [2.24, 2.45) is 5.92 Å². The Bertz CT molecular complexity index is 907. The Kier molecular flexibility index (Phi) is 3.48. The molecular weight excluding hydrogens is 310 g/mol. The van der Waals surface area contributed by atoms with E-state index in [1.165, 1.54) is 65.6 Å². The van der Waals surface area contributed by atoms with E-state index in [-0.39, 0.29) is 0 Å². The zero-order valence-corrected chi connectivity index (χ0v) is 15.1. The second kappa shape index (κ2) is 5.70. The van der Waals surface area contributed by atoms with E-state index in [4.69, 9.17) is 4.98 Å². The van der Waals surface area contributed by atoms with Gasteiger partial charge in [0.25, 0.3) is 0 Å². The quantitative estimate of drug-likeness (QED) is 0.535. The van der Waals surface area contributed by atoms with Crippen molar-refractivity contribution >= 4 is 21.6 Å². The van der Waals surface area contributed by atoms with E-state index >= 15 is 0 Å². The first kappa shape index (κ1) is 14.7. The fraction of sp³-hybridized carbons (Fsp3) is 0.409. The molecule has 1 unspecified atom stereocenters. The monoisotopic (exact) mass is 333 g/mol. The van der Waals surface area contributed by atoms with Gasteiger partial charge in [-0.2, -0.15) is 0 Å². The van der Waals surface area contributed by atoms with Gasteiger partial charge in [0.2, 0.25) is 0 Å². The predicted octanol–water partition coefficient (Wildman–Crippen LogP) is 5.97. The van der Waals surface area contributed by atoms with Crippen LogP contribution in [0.5, 0.6) is 0 Å². The summed E-state index contributed by atoms with van der Waals surface area (Å²) >= 11 is 1.97. The number of rotatable bonds is 1. The number of pyridine rings is 1. The summed E-state index contributed by atoms with van der Waals surface area (Å²) in [5.74, 6) is 0.772. The second-order valence-corrected chi connectivity index (χ2v) is 8.60. The Labute approximate surface area is 147 Å². The SMILES string of the molecule is CC1CCc2nc3sc4c(c3c(-c3ccccc3)c2C1)CCCC4. The molecule has 0 spiro atoms. The summed E-state index contributed by atoms with van der Waals surface area (Å²) < 4.78 is 0. The van der Waals surface area contributed by atoms with E-state index in [0.29, 0.717) is 0 Å². The molecule has 0 fully saturated rings. The van der Waals surface area contributed by atoms with Gasteiger partial charge in [0.05, 0.1) is 0 Å². The van der Waals surface area contributed by atoms with Crippen molar-refractivity contribution in [3.8, 4) is 11.1 Å². The summed E-state index contributed by atoms with van der Waals surface area (Å²) in [4.78, 5) is 8.07. The number of aromatic nitrogens is 1. The molecule has 2 aliphatic rings. The van der Waals surface area contributed by atoms with Crippen molar-refractivity contribution in [2.45, 2.75) is 51.9 Å². The Morgan fingerprint density at radius 2 is 1.83 bits per heavy atom. The summed E-state index contributed by atoms with van der Waals surface area (Å²) in [7, 11) is 0. The van der Waals surface area contributed by atoms with Gasteiger partial charge >= 0.3 is 0 Å². The summed E-state index contributed by atoms with van der Waals surface area (Å²) in [6.07, 6.45) is 8.79. The molecule has 2 aliphatic carbocycles. The van der Waals surface area contributed by atoms with Crippen molar-refractivity contribution in [3.63, 3.8) is 0 Å². The Morgan fingerprint density at radius 3 is 2.71 bits per heavy atom. The van der Waals surface area contributed by atoms with Gasteiger partial charge in [0.1, 0.15) is 4.83 Å². The first-order valence-corrected chi connectivity index (χ1v) is 10.1. The van der Waals surface area contributed by atoms with Crippen LogP contribution in [0.1, 0.15) is 47.9 Å². The third-order valence-corrected chi connectivity index (χ3v) is 6.96. The first-order chi connectivity index (χ1) is 11.8. The molecule has 5 rings (SSSR count). The van der Waals surface area contributed by atoms with E-state index in [2.05, 4.69) is 37.3 Å². The molecule has 1 nitrogen and oxygen atoms in total. The molecule has 0 radical (unpaired) electrons. The van der Waals surface area contributed by atoms with Gasteiger partial charge < -0.3 is 0 Å². The van der Waals surface area contributed by atoms with Gasteiger partial charge in [-0.05, 0) is 73.1 Å².